The normalized spacial score (nSPS) is 10.6. The van der Waals surface area contributed by atoms with Gasteiger partial charge < -0.3 is 4.40 Å². The molecule has 11 heavy (non-hydrogen) atoms. The van der Waals surface area contributed by atoms with Gasteiger partial charge in [0.1, 0.15) is 5.65 Å². The molecule has 2 aromatic rings. The molecule has 0 saturated carbocycles. The molecule has 2 heteroatoms. The van der Waals surface area contributed by atoms with Gasteiger partial charge in [-0.1, -0.05) is 6.07 Å². The highest BCUT2D eigenvalue weighted by Crippen LogP contribution is 2.04. The van der Waals surface area contributed by atoms with Gasteiger partial charge in [0.2, 0.25) is 0 Å². The molecule has 0 amide bonds. The van der Waals surface area contributed by atoms with Crippen molar-refractivity contribution in [1.82, 2.24) is 9.38 Å². The fraction of sp³-hybridized carbons (Fsp3) is 0.111. The van der Waals surface area contributed by atoms with E-state index in [1.807, 2.05) is 28.9 Å². The summed E-state index contributed by atoms with van der Waals surface area (Å²) in [5.74, 6) is 0. The van der Waals surface area contributed by atoms with Crippen molar-refractivity contribution in [2.75, 3.05) is 0 Å². The summed E-state index contributed by atoms with van der Waals surface area (Å²) in [6, 6.07) is 3.95. The summed E-state index contributed by atoms with van der Waals surface area (Å²) in [4.78, 5) is 4.12. The molecule has 0 spiro atoms. The molecule has 54 valence electrons. The molecule has 0 aliphatic heterocycles. The zero-order chi connectivity index (χ0) is 7.68. The number of imidazole rings is 1. The van der Waals surface area contributed by atoms with E-state index in [4.69, 9.17) is 6.92 Å². The van der Waals surface area contributed by atoms with Crippen LogP contribution >= 0.6 is 0 Å². The van der Waals surface area contributed by atoms with Crippen molar-refractivity contribution >= 4 is 5.65 Å². The fourth-order valence-electron chi connectivity index (χ4n) is 1.09. The predicted molar refractivity (Wildman–Crippen MR) is 43.2 cm³/mol. The lowest BCUT2D eigenvalue weighted by atomic mass is 10.2. The van der Waals surface area contributed by atoms with Crippen molar-refractivity contribution in [3.8, 4) is 0 Å². The Morgan fingerprint density at radius 3 is 3.18 bits per heavy atom. The molecule has 0 saturated heterocycles. The maximum atomic E-state index is 5.48. The summed E-state index contributed by atoms with van der Waals surface area (Å²) >= 11 is 0. The van der Waals surface area contributed by atoms with Crippen LogP contribution in [0, 0.1) is 6.92 Å². The first kappa shape index (κ1) is 6.40. The van der Waals surface area contributed by atoms with E-state index < -0.39 is 0 Å². The van der Waals surface area contributed by atoms with Crippen LogP contribution in [0.15, 0.2) is 30.7 Å². The molecule has 0 bridgehead atoms. The highest BCUT2D eigenvalue weighted by atomic mass is 15.0. The van der Waals surface area contributed by atoms with Crippen molar-refractivity contribution in [2.24, 2.45) is 0 Å². The van der Waals surface area contributed by atoms with Crippen molar-refractivity contribution in [3.63, 3.8) is 0 Å². The molecule has 0 unspecified atom stereocenters. The van der Waals surface area contributed by atoms with E-state index in [1.54, 1.807) is 6.20 Å². The Balaban J connectivity index is 2.67. The summed E-state index contributed by atoms with van der Waals surface area (Å²) in [6.07, 6.45) is 6.25. The summed E-state index contributed by atoms with van der Waals surface area (Å²) < 4.78 is 1.96. The van der Waals surface area contributed by atoms with Crippen LogP contribution in [0.5, 0.6) is 0 Å². The molecule has 2 aromatic heterocycles. The third kappa shape index (κ3) is 1.00. The van der Waals surface area contributed by atoms with Gasteiger partial charge in [-0.25, -0.2) is 4.98 Å². The van der Waals surface area contributed by atoms with Crippen molar-refractivity contribution < 1.29 is 0 Å². The molecule has 2 nitrogen and oxygen atoms in total. The predicted octanol–water partition coefficient (Wildman–Crippen LogP) is 1.59. The van der Waals surface area contributed by atoms with Crippen LogP contribution in [-0.4, -0.2) is 9.38 Å². The Kier molecular flexibility index (Phi) is 1.39. The van der Waals surface area contributed by atoms with Gasteiger partial charge in [0, 0.05) is 18.6 Å². The fourth-order valence-corrected chi connectivity index (χ4v) is 1.09. The Labute approximate surface area is 65.5 Å². The third-order valence-corrected chi connectivity index (χ3v) is 1.69. The number of aromatic nitrogens is 2. The lowest BCUT2D eigenvalue weighted by molar-refractivity contribution is 1.12. The lowest BCUT2D eigenvalue weighted by Gasteiger charge is -1.96. The zero-order valence-electron chi connectivity index (χ0n) is 6.07. The molecule has 2 radical (unpaired) electrons. The topological polar surface area (TPSA) is 17.3 Å². The van der Waals surface area contributed by atoms with Crippen LogP contribution < -0.4 is 0 Å². The maximum Gasteiger partial charge on any atom is 0.136 e. The molecular weight excluding hydrogens is 136 g/mol. The second-order valence-corrected chi connectivity index (χ2v) is 2.43. The summed E-state index contributed by atoms with van der Waals surface area (Å²) in [6.45, 7) is 5.48. The number of pyridine rings is 1. The molecule has 0 aliphatic rings. The summed E-state index contributed by atoms with van der Waals surface area (Å²) in [7, 11) is 0. The van der Waals surface area contributed by atoms with Crippen LogP contribution in [0.3, 0.4) is 0 Å². The van der Waals surface area contributed by atoms with E-state index in [1.165, 1.54) is 0 Å². The molecular formula is C9H8N2. The lowest BCUT2D eigenvalue weighted by Crippen LogP contribution is -1.86. The second kappa shape index (κ2) is 2.38. The number of hydrogen-bond acceptors (Lipinski definition) is 1. The van der Waals surface area contributed by atoms with Gasteiger partial charge in [0.15, 0.2) is 0 Å². The van der Waals surface area contributed by atoms with E-state index in [2.05, 4.69) is 4.98 Å². The van der Waals surface area contributed by atoms with E-state index in [0.29, 0.717) is 6.42 Å². The van der Waals surface area contributed by atoms with Gasteiger partial charge in [-0.2, -0.15) is 0 Å². The highest BCUT2D eigenvalue weighted by Gasteiger charge is 1.92. The smallest absolute Gasteiger partial charge is 0.136 e. The SMILES string of the molecule is [CH]Cc1ccc2nccn2c1. The Morgan fingerprint density at radius 2 is 2.36 bits per heavy atom. The van der Waals surface area contributed by atoms with Gasteiger partial charge in [-0.15, -0.1) is 0 Å². The van der Waals surface area contributed by atoms with E-state index in [0.717, 1.165) is 11.2 Å². The van der Waals surface area contributed by atoms with Gasteiger partial charge in [0.25, 0.3) is 0 Å². The Morgan fingerprint density at radius 1 is 1.45 bits per heavy atom. The van der Waals surface area contributed by atoms with E-state index in [-0.39, 0.29) is 0 Å². The molecule has 0 aromatic carbocycles. The van der Waals surface area contributed by atoms with Gasteiger partial charge >= 0.3 is 0 Å². The Hall–Kier alpha value is -1.31. The van der Waals surface area contributed by atoms with E-state index >= 15 is 0 Å². The molecule has 0 aliphatic carbocycles. The van der Waals surface area contributed by atoms with Crippen LogP contribution in [0.4, 0.5) is 0 Å². The number of rotatable bonds is 1. The maximum absolute atomic E-state index is 5.48. The van der Waals surface area contributed by atoms with E-state index in [9.17, 15) is 0 Å². The minimum absolute atomic E-state index is 0.577. The first-order chi connectivity index (χ1) is 5.40. The first-order valence-corrected chi connectivity index (χ1v) is 3.52. The van der Waals surface area contributed by atoms with Crippen LogP contribution in [0.1, 0.15) is 5.56 Å². The van der Waals surface area contributed by atoms with Crippen molar-refractivity contribution in [3.05, 3.63) is 43.2 Å². The standard InChI is InChI=1S/C9H8N2/c1-2-8-3-4-9-10-5-6-11(9)7-8/h1,3-7H,2H2. The zero-order valence-corrected chi connectivity index (χ0v) is 6.07. The molecule has 0 fully saturated rings. The minimum Gasteiger partial charge on any atom is -0.307 e. The van der Waals surface area contributed by atoms with Crippen molar-refractivity contribution in [2.45, 2.75) is 6.42 Å². The monoisotopic (exact) mass is 144 g/mol. The highest BCUT2D eigenvalue weighted by molar-refractivity contribution is 5.39. The largest absolute Gasteiger partial charge is 0.307 e. The number of fused-ring (bicyclic) bond motifs is 1. The second-order valence-electron chi connectivity index (χ2n) is 2.43. The van der Waals surface area contributed by atoms with Crippen LogP contribution in [0.25, 0.3) is 5.65 Å². The average Bonchev–Trinajstić information content (AvgIpc) is 2.50. The molecule has 0 N–H and O–H groups in total. The number of nitrogens with zero attached hydrogens (tertiary/aromatic N) is 2. The summed E-state index contributed by atoms with van der Waals surface area (Å²) in [5.41, 5.74) is 2.08. The molecule has 2 heterocycles. The minimum atomic E-state index is 0.577. The summed E-state index contributed by atoms with van der Waals surface area (Å²) in [5, 5.41) is 0. The van der Waals surface area contributed by atoms with Gasteiger partial charge in [0.05, 0.1) is 0 Å². The average molecular weight is 144 g/mol. The van der Waals surface area contributed by atoms with Gasteiger partial charge in [-0.05, 0) is 25.0 Å². The quantitative estimate of drug-likeness (QED) is 0.594. The van der Waals surface area contributed by atoms with Gasteiger partial charge in [-0.3, -0.25) is 0 Å². The van der Waals surface area contributed by atoms with Crippen molar-refractivity contribution in [1.29, 1.82) is 0 Å². The van der Waals surface area contributed by atoms with Crippen LogP contribution in [-0.2, 0) is 6.42 Å². The number of hydrogen-bond donors (Lipinski definition) is 0. The first-order valence-electron chi connectivity index (χ1n) is 3.52. The molecule has 2 rings (SSSR count). The van der Waals surface area contributed by atoms with Crippen LogP contribution in [0.2, 0.25) is 0 Å². The Bertz CT molecular complexity index is 362. The third-order valence-electron chi connectivity index (χ3n) is 1.69. The molecule has 0 atom stereocenters.